The first-order chi connectivity index (χ1) is 12.9. The standard InChI is InChI=1S/C21H31N3O3/c1-21(27)12-6-5-10-16(21)18-11-7-13-24(18)19(25)17(23-20(22)26)14-15-8-3-2-4-9-15/h2-4,8-9,16-18,27H,5-7,10-14H2,1H3,(H3,22,23,26). The Balaban J connectivity index is 1.78. The normalized spacial score (nSPS) is 29.3. The Bertz CT molecular complexity index is 662. The predicted octanol–water partition coefficient (Wildman–Crippen LogP) is 2.20. The molecule has 3 rings (SSSR count). The monoisotopic (exact) mass is 373 g/mol. The molecule has 1 aromatic rings. The van der Waals surface area contributed by atoms with Gasteiger partial charge in [-0.15, -0.1) is 0 Å². The van der Waals surface area contributed by atoms with E-state index in [1.165, 1.54) is 0 Å². The van der Waals surface area contributed by atoms with Gasteiger partial charge in [0.15, 0.2) is 0 Å². The van der Waals surface area contributed by atoms with Gasteiger partial charge < -0.3 is 21.1 Å². The number of nitrogens with zero attached hydrogens (tertiary/aromatic N) is 1. The minimum Gasteiger partial charge on any atom is -0.390 e. The quantitative estimate of drug-likeness (QED) is 0.738. The van der Waals surface area contributed by atoms with Crippen molar-refractivity contribution in [2.75, 3.05) is 6.54 Å². The van der Waals surface area contributed by atoms with Crippen LogP contribution in [0.1, 0.15) is 51.0 Å². The van der Waals surface area contributed by atoms with Gasteiger partial charge in [-0.3, -0.25) is 4.79 Å². The molecule has 6 heteroatoms. The molecule has 0 spiro atoms. The lowest BCUT2D eigenvalue weighted by atomic mass is 9.72. The van der Waals surface area contributed by atoms with E-state index in [-0.39, 0.29) is 17.9 Å². The zero-order valence-corrected chi connectivity index (χ0v) is 16.1. The van der Waals surface area contributed by atoms with Crippen LogP contribution in [0.4, 0.5) is 4.79 Å². The van der Waals surface area contributed by atoms with E-state index in [9.17, 15) is 14.7 Å². The van der Waals surface area contributed by atoms with E-state index in [1.54, 1.807) is 0 Å². The number of nitrogens with two attached hydrogens (primary N) is 1. The summed E-state index contributed by atoms with van der Waals surface area (Å²) in [5.74, 6) is -0.00909. The zero-order valence-electron chi connectivity index (χ0n) is 16.1. The van der Waals surface area contributed by atoms with Gasteiger partial charge in [0.2, 0.25) is 5.91 Å². The topological polar surface area (TPSA) is 95.7 Å². The highest BCUT2D eigenvalue weighted by Gasteiger charge is 2.45. The molecule has 4 unspecified atom stereocenters. The zero-order chi connectivity index (χ0) is 19.4. The summed E-state index contributed by atoms with van der Waals surface area (Å²) in [6, 6.07) is 8.29. The Hall–Kier alpha value is -2.08. The number of benzene rings is 1. The molecule has 1 saturated heterocycles. The van der Waals surface area contributed by atoms with Crippen molar-refractivity contribution >= 4 is 11.9 Å². The summed E-state index contributed by atoms with van der Waals surface area (Å²) in [4.78, 5) is 26.7. The largest absolute Gasteiger partial charge is 0.390 e. The highest BCUT2D eigenvalue weighted by atomic mass is 16.3. The smallest absolute Gasteiger partial charge is 0.312 e. The number of hydrogen-bond acceptors (Lipinski definition) is 3. The van der Waals surface area contributed by atoms with Gasteiger partial charge >= 0.3 is 6.03 Å². The third-order valence-electron chi connectivity index (χ3n) is 6.19. The molecule has 0 bridgehead atoms. The molecule has 2 fully saturated rings. The van der Waals surface area contributed by atoms with Gasteiger partial charge in [0.05, 0.1) is 5.60 Å². The minimum atomic E-state index is -0.738. The van der Waals surface area contributed by atoms with Crippen molar-refractivity contribution in [2.24, 2.45) is 11.7 Å². The van der Waals surface area contributed by atoms with Gasteiger partial charge in [-0.1, -0.05) is 43.2 Å². The third kappa shape index (κ3) is 4.61. The SMILES string of the molecule is CC1(O)CCCCC1C1CCCN1C(=O)C(Cc1ccccc1)NC(N)=O. The van der Waals surface area contributed by atoms with Gasteiger partial charge in [-0.25, -0.2) is 4.79 Å². The predicted molar refractivity (Wildman–Crippen MR) is 104 cm³/mol. The number of primary amides is 1. The highest BCUT2D eigenvalue weighted by Crippen LogP contribution is 2.40. The number of aliphatic hydroxyl groups is 1. The Kier molecular flexibility index (Phi) is 6.05. The Labute approximate surface area is 161 Å². The van der Waals surface area contributed by atoms with Crippen molar-refractivity contribution in [1.82, 2.24) is 10.2 Å². The number of carbonyl (C=O) groups excluding carboxylic acids is 2. The summed E-state index contributed by atoms with van der Waals surface area (Å²) in [6.07, 6.45) is 6.08. The number of rotatable bonds is 5. The van der Waals surface area contributed by atoms with Crippen molar-refractivity contribution in [1.29, 1.82) is 0 Å². The number of likely N-dealkylation sites (tertiary alicyclic amines) is 1. The van der Waals surface area contributed by atoms with E-state index in [1.807, 2.05) is 42.2 Å². The van der Waals surface area contributed by atoms with Crippen LogP contribution >= 0.6 is 0 Å². The average Bonchev–Trinajstić information content (AvgIpc) is 3.10. The number of nitrogens with one attached hydrogen (secondary N) is 1. The molecular formula is C21H31N3O3. The van der Waals surface area contributed by atoms with Gasteiger partial charge in [0, 0.05) is 24.9 Å². The molecule has 4 atom stereocenters. The van der Waals surface area contributed by atoms with Crippen LogP contribution in [0.2, 0.25) is 0 Å². The number of carbonyl (C=O) groups is 2. The second-order valence-electron chi connectivity index (χ2n) is 8.20. The van der Waals surface area contributed by atoms with Crippen LogP contribution in [0, 0.1) is 5.92 Å². The molecule has 1 aliphatic heterocycles. The lowest BCUT2D eigenvalue weighted by molar-refractivity contribution is -0.138. The summed E-state index contributed by atoms with van der Waals surface area (Å²) in [7, 11) is 0. The Morgan fingerprint density at radius 3 is 2.67 bits per heavy atom. The van der Waals surface area contributed by atoms with Gasteiger partial charge in [-0.2, -0.15) is 0 Å². The highest BCUT2D eigenvalue weighted by molar-refractivity contribution is 5.87. The van der Waals surface area contributed by atoms with E-state index in [2.05, 4.69) is 5.32 Å². The van der Waals surface area contributed by atoms with Crippen molar-refractivity contribution in [3.63, 3.8) is 0 Å². The molecule has 6 nitrogen and oxygen atoms in total. The number of urea groups is 1. The molecule has 0 aromatic heterocycles. The molecule has 148 valence electrons. The molecule has 2 aliphatic rings. The van der Waals surface area contributed by atoms with Gasteiger partial charge in [0.1, 0.15) is 6.04 Å². The first-order valence-electron chi connectivity index (χ1n) is 10.0. The lowest BCUT2D eigenvalue weighted by Gasteiger charge is -2.44. The van der Waals surface area contributed by atoms with Crippen LogP contribution in [-0.2, 0) is 11.2 Å². The average molecular weight is 373 g/mol. The summed E-state index contributed by atoms with van der Waals surface area (Å²) < 4.78 is 0. The van der Waals surface area contributed by atoms with E-state index in [0.717, 1.165) is 44.1 Å². The van der Waals surface area contributed by atoms with E-state index in [4.69, 9.17) is 5.73 Å². The fraction of sp³-hybridized carbons (Fsp3) is 0.619. The maximum absolute atomic E-state index is 13.3. The van der Waals surface area contributed by atoms with Crippen LogP contribution in [0.5, 0.6) is 0 Å². The Morgan fingerprint density at radius 1 is 1.26 bits per heavy atom. The minimum absolute atomic E-state index is 0.0285. The van der Waals surface area contributed by atoms with Crippen molar-refractivity contribution in [3.8, 4) is 0 Å². The fourth-order valence-corrected chi connectivity index (χ4v) is 4.86. The van der Waals surface area contributed by atoms with E-state index >= 15 is 0 Å². The molecule has 1 saturated carbocycles. The second kappa shape index (κ2) is 8.30. The van der Waals surface area contributed by atoms with Crippen molar-refractivity contribution in [3.05, 3.63) is 35.9 Å². The molecule has 3 amide bonds. The second-order valence-corrected chi connectivity index (χ2v) is 8.20. The van der Waals surface area contributed by atoms with Crippen molar-refractivity contribution in [2.45, 2.75) is 69.6 Å². The molecular weight excluding hydrogens is 342 g/mol. The van der Waals surface area contributed by atoms with Crippen LogP contribution < -0.4 is 11.1 Å². The maximum atomic E-state index is 13.3. The number of hydrogen-bond donors (Lipinski definition) is 3. The lowest BCUT2D eigenvalue weighted by Crippen LogP contribution is -2.56. The third-order valence-corrected chi connectivity index (χ3v) is 6.19. The van der Waals surface area contributed by atoms with Crippen molar-refractivity contribution < 1.29 is 14.7 Å². The molecule has 27 heavy (non-hydrogen) atoms. The molecule has 1 aromatic carbocycles. The first-order valence-corrected chi connectivity index (χ1v) is 10.0. The van der Waals surface area contributed by atoms with Crippen LogP contribution in [0.3, 0.4) is 0 Å². The summed E-state index contributed by atoms with van der Waals surface area (Å²) in [5, 5.41) is 13.5. The maximum Gasteiger partial charge on any atom is 0.312 e. The molecule has 4 N–H and O–H groups in total. The van der Waals surface area contributed by atoms with Gasteiger partial charge in [-0.05, 0) is 38.2 Å². The number of amides is 3. The fourth-order valence-electron chi connectivity index (χ4n) is 4.86. The molecule has 1 aliphatic carbocycles. The summed E-state index contributed by atoms with van der Waals surface area (Å²) in [5.41, 5.74) is 5.58. The summed E-state index contributed by atoms with van der Waals surface area (Å²) >= 11 is 0. The molecule has 1 heterocycles. The summed E-state index contributed by atoms with van der Waals surface area (Å²) in [6.45, 7) is 2.57. The molecule has 0 radical (unpaired) electrons. The van der Waals surface area contributed by atoms with Gasteiger partial charge in [0.25, 0.3) is 0 Å². The van der Waals surface area contributed by atoms with E-state index in [0.29, 0.717) is 13.0 Å². The first kappa shape index (κ1) is 19.7. The van der Waals surface area contributed by atoms with Crippen LogP contribution in [0.15, 0.2) is 30.3 Å². The van der Waals surface area contributed by atoms with E-state index < -0.39 is 17.7 Å². The van der Waals surface area contributed by atoms with Crippen LogP contribution in [-0.4, -0.2) is 46.2 Å². The van der Waals surface area contributed by atoms with Crippen LogP contribution in [0.25, 0.3) is 0 Å². The Morgan fingerprint density at radius 2 is 2.00 bits per heavy atom.